The van der Waals surface area contributed by atoms with Crippen LogP contribution in [0.25, 0.3) is 5.76 Å². The lowest BCUT2D eigenvalue weighted by Crippen LogP contribution is -2.38. The number of morpholine rings is 1. The number of benzene rings is 2. The van der Waals surface area contributed by atoms with Crippen LogP contribution in [-0.4, -0.2) is 78.7 Å². The molecule has 3 heterocycles. The van der Waals surface area contributed by atoms with E-state index >= 15 is 0 Å². The van der Waals surface area contributed by atoms with Gasteiger partial charge in [0.25, 0.3) is 11.7 Å². The molecular formula is C30H34N2O6. The maximum atomic E-state index is 13.4. The molecular weight excluding hydrogens is 484 g/mol. The minimum atomic E-state index is -0.698. The molecule has 8 heteroatoms. The molecule has 2 fully saturated rings. The number of carbonyl (C=O) groups is 2. The van der Waals surface area contributed by atoms with E-state index in [1.807, 2.05) is 31.2 Å². The first kappa shape index (κ1) is 26.0. The fourth-order valence-electron chi connectivity index (χ4n) is 5.37. The molecule has 2 aromatic rings. The second-order valence-corrected chi connectivity index (χ2v) is 9.92. The number of aliphatic hydroxyl groups is 1. The molecule has 3 aliphatic rings. The third-order valence-electron chi connectivity index (χ3n) is 7.25. The first-order chi connectivity index (χ1) is 18.5. The number of hydrogen-bond acceptors (Lipinski definition) is 7. The zero-order valence-electron chi connectivity index (χ0n) is 21.7. The molecule has 2 aromatic carbocycles. The molecule has 3 aliphatic heterocycles. The largest absolute Gasteiger partial charge is 0.507 e. The van der Waals surface area contributed by atoms with Crippen LogP contribution in [0.15, 0.2) is 60.7 Å². The van der Waals surface area contributed by atoms with Crippen molar-refractivity contribution >= 4 is 17.4 Å². The van der Waals surface area contributed by atoms with E-state index in [4.69, 9.17) is 14.2 Å². The van der Waals surface area contributed by atoms with Crippen molar-refractivity contribution in [1.82, 2.24) is 9.80 Å². The Morgan fingerprint density at radius 1 is 1.13 bits per heavy atom. The summed E-state index contributed by atoms with van der Waals surface area (Å²) < 4.78 is 16.8. The van der Waals surface area contributed by atoms with Gasteiger partial charge in [0.2, 0.25) is 0 Å². The summed E-state index contributed by atoms with van der Waals surface area (Å²) in [6.07, 6.45) is 3.15. The van der Waals surface area contributed by atoms with Crippen LogP contribution in [-0.2, 0) is 20.7 Å². The van der Waals surface area contributed by atoms with Gasteiger partial charge in [0.15, 0.2) is 0 Å². The zero-order chi connectivity index (χ0) is 26.6. The molecule has 0 radical (unpaired) electrons. The number of ketones is 1. The van der Waals surface area contributed by atoms with E-state index in [1.165, 1.54) is 0 Å². The Kier molecular flexibility index (Phi) is 7.81. The molecule has 0 aliphatic carbocycles. The zero-order valence-corrected chi connectivity index (χ0v) is 21.7. The quantitative estimate of drug-likeness (QED) is 0.234. The van der Waals surface area contributed by atoms with Gasteiger partial charge < -0.3 is 24.2 Å². The van der Waals surface area contributed by atoms with Crippen LogP contribution < -0.4 is 9.47 Å². The van der Waals surface area contributed by atoms with Crippen molar-refractivity contribution in [3.63, 3.8) is 0 Å². The van der Waals surface area contributed by atoms with Gasteiger partial charge in [-0.05, 0) is 54.8 Å². The third kappa shape index (κ3) is 5.33. The third-order valence-corrected chi connectivity index (χ3v) is 7.25. The summed E-state index contributed by atoms with van der Waals surface area (Å²) in [6, 6.07) is 12.0. The average Bonchev–Trinajstić information content (AvgIpc) is 3.43. The maximum absolute atomic E-state index is 13.4. The van der Waals surface area contributed by atoms with Gasteiger partial charge in [-0.2, -0.15) is 0 Å². The van der Waals surface area contributed by atoms with E-state index in [9.17, 15) is 14.7 Å². The lowest BCUT2D eigenvalue weighted by Gasteiger charge is -2.29. The van der Waals surface area contributed by atoms with Crippen LogP contribution >= 0.6 is 0 Å². The number of nitrogens with zero attached hydrogens (tertiary/aromatic N) is 2. The predicted molar refractivity (Wildman–Crippen MR) is 143 cm³/mol. The number of Topliss-reactive ketones (excluding diaryl/α,β-unsaturated/α-hetero) is 1. The summed E-state index contributed by atoms with van der Waals surface area (Å²) in [5.74, 6) is 0.00732. The Morgan fingerprint density at radius 3 is 2.63 bits per heavy atom. The summed E-state index contributed by atoms with van der Waals surface area (Å²) in [7, 11) is 0. The van der Waals surface area contributed by atoms with Crippen molar-refractivity contribution in [2.24, 2.45) is 0 Å². The van der Waals surface area contributed by atoms with Crippen molar-refractivity contribution in [3.05, 3.63) is 77.4 Å². The Labute approximate surface area is 223 Å². The number of carbonyl (C=O) groups excluding carboxylic acids is 2. The van der Waals surface area contributed by atoms with Gasteiger partial charge in [0, 0.05) is 38.2 Å². The highest BCUT2D eigenvalue weighted by molar-refractivity contribution is 6.46. The number of amides is 1. The van der Waals surface area contributed by atoms with Crippen molar-refractivity contribution in [3.8, 4) is 11.5 Å². The molecule has 5 rings (SSSR count). The molecule has 0 spiro atoms. The number of hydrogen-bond donors (Lipinski definition) is 1. The number of ether oxygens (including phenoxy) is 3. The molecule has 38 heavy (non-hydrogen) atoms. The lowest BCUT2D eigenvalue weighted by atomic mass is 9.94. The fourth-order valence-corrected chi connectivity index (χ4v) is 5.37. The summed E-state index contributed by atoms with van der Waals surface area (Å²) >= 11 is 0. The van der Waals surface area contributed by atoms with Gasteiger partial charge in [0.1, 0.15) is 30.0 Å². The molecule has 0 unspecified atom stereocenters. The highest BCUT2D eigenvalue weighted by Crippen LogP contribution is 2.41. The Balaban J connectivity index is 1.47. The summed E-state index contributed by atoms with van der Waals surface area (Å²) in [4.78, 5) is 30.6. The van der Waals surface area contributed by atoms with Crippen LogP contribution in [0.5, 0.6) is 11.5 Å². The number of rotatable bonds is 9. The maximum Gasteiger partial charge on any atom is 0.295 e. The van der Waals surface area contributed by atoms with Gasteiger partial charge in [-0.3, -0.25) is 14.5 Å². The molecule has 0 bridgehead atoms. The number of aliphatic hydroxyl groups excluding tert-OH is 1. The second kappa shape index (κ2) is 11.4. The molecule has 1 amide bonds. The number of fused-ring (bicyclic) bond motifs is 1. The summed E-state index contributed by atoms with van der Waals surface area (Å²) in [6.45, 7) is 10.4. The number of likely N-dealkylation sites (tertiary alicyclic amines) is 1. The molecule has 200 valence electrons. The highest BCUT2D eigenvalue weighted by atomic mass is 16.5. The van der Waals surface area contributed by atoms with E-state index in [2.05, 4.69) is 11.5 Å². The van der Waals surface area contributed by atoms with Crippen LogP contribution in [0, 0.1) is 0 Å². The monoisotopic (exact) mass is 518 g/mol. The second-order valence-electron chi connectivity index (χ2n) is 9.92. The van der Waals surface area contributed by atoms with E-state index < -0.39 is 17.7 Å². The minimum absolute atomic E-state index is 0.0567. The van der Waals surface area contributed by atoms with E-state index in [0.717, 1.165) is 42.9 Å². The van der Waals surface area contributed by atoms with Gasteiger partial charge >= 0.3 is 0 Å². The molecule has 2 saturated heterocycles. The lowest BCUT2D eigenvalue weighted by molar-refractivity contribution is -0.140. The van der Waals surface area contributed by atoms with E-state index in [1.54, 1.807) is 29.2 Å². The van der Waals surface area contributed by atoms with Crippen molar-refractivity contribution in [2.75, 3.05) is 46.0 Å². The average molecular weight is 519 g/mol. The van der Waals surface area contributed by atoms with Crippen LogP contribution in [0.4, 0.5) is 0 Å². The smallest absolute Gasteiger partial charge is 0.295 e. The van der Waals surface area contributed by atoms with Crippen LogP contribution in [0.3, 0.4) is 0 Å². The normalized spacial score (nSPS) is 22.8. The van der Waals surface area contributed by atoms with Crippen molar-refractivity contribution in [2.45, 2.75) is 31.9 Å². The SMILES string of the molecule is C=CCOc1ccc([C@@H]2C(=C(O)c3ccc4c(c3)C[C@@H](C)O4)C(=O)C(=O)N2CCCN2CCOCC2)cc1. The Morgan fingerprint density at radius 2 is 1.89 bits per heavy atom. The van der Waals surface area contributed by atoms with Crippen LogP contribution in [0.2, 0.25) is 0 Å². The molecule has 1 N–H and O–H groups in total. The first-order valence-electron chi connectivity index (χ1n) is 13.2. The van der Waals surface area contributed by atoms with Crippen LogP contribution in [0.1, 0.15) is 36.1 Å². The summed E-state index contributed by atoms with van der Waals surface area (Å²) in [5.41, 5.74) is 2.32. The van der Waals surface area contributed by atoms with E-state index in [-0.39, 0.29) is 17.4 Å². The van der Waals surface area contributed by atoms with Gasteiger partial charge in [-0.25, -0.2) is 0 Å². The molecule has 2 atom stereocenters. The fraction of sp³-hybridized carbons (Fsp3) is 0.400. The first-order valence-corrected chi connectivity index (χ1v) is 13.2. The van der Waals surface area contributed by atoms with Crippen molar-refractivity contribution < 1.29 is 28.9 Å². The Bertz CT molecular complexity index is 1230. The Hall–Kier alpha value is -3.62. The predicted octanol–water partition coefficient (Wildman–Crippen LogP) is 3.72. The van der Waals surface area contributed by atoms with E-state index in [0.29, 0.717) is 44.1 Å². The molecule has 0 aromatic heterocycles. The topological polar surface area (TPSA) is 88.5 Å². The van der Waals surface area contributed by atoms with Gasteiger partial charge in [-0.15, -0.1) is 0 Å². The minimum Gasteiger partial charge on any atom is -0.507 e. The van der Waals surface area contributed by atoms with Crippen molar-refractivity contribution in [1.29, 1.82) is 0 Å². The van der Waals surface area contributed by atoms with Gasteiger partial charge in [-0.1, -0.05) is 24.8 Å². The van der Waals surface area contributed by atoms with Gasteiger partial charge in [0.05, 0.1) is 24.8 Å². The highest BCUT2D eigenvalue weighted by Gasteiger charge is 2.46. The summed E-state index contributed by atoms with van der Waals surface area (Å²) in [5, 5.41) is 11.4. The molecule has 0 saturated carbocycles. The standard InChI is InChI=1S/C30H34N2O6/c1-3-15-37-24-8-5-21(6-9-24)27-26(28(33)22-7-10-25-23(19-22)18-20(2)38-25)29(34)30(35)32(27)12-4-11-31-13-16-36-17-14-31/h3,5-10,19-20,27,33H,1,4,11-18H2,2H3/t20-,27-/m1/s1. The molecule has 8 nitrogen and oxygen atoms in total.